The van der Waals surface area contributed by atoms with Crippen LogP contribution in [0.4, 0.5) is 18.9 Å². The molecule has 0 aliphatic heterocycles. The topological polar surface area (TPSA) is 47.1 Å². The summed E-state index contributed by atoms with van der Waals surface area (Å²) in [6, 6.07) is 4.16. The lowest BCUT2D eigenvalue weighted by Gasteiger charge is -2.24. The van der Waals surface area contributed by atoms with Crippen LogP contribution in [0.3, 0.4) is 0 Å². The summed E-state index contributed by atoms with van der Waals surface area (Å²) >= 11 is 0. The molecule has 114 valence electrons. The van der Waals surface area contributed by atoms with Crippen LogP contribution in [0.1, 0.15) is 17.0 Å². The number of hydrogen-bond donors (Lipinski definition) is 1. The molecule has 4 nitrogen and oxygen atoms in total. The van der Waals surface area contributed by atoms with E-state index in [1.807, 2.05) is 0 Å². The molecule has 0 saturated heterocycles. The predicted molar refractivity (Wildman–Crippen MR) is 74.7 cm³/mol. The molecule has 0 radical (unpaired) electrons. The van der Waals surface area contributed by atoms with E-state index in [4.69, 9.17) is 5.73 Å². The lowest BCUT2D eigenvalue weighted by molar-refractivity contribution is -0.137. The van der Waals surface area contributed by atoms with Crippen molar-refractivity contribution in [3.05, 3.63) is 47.5 Å². The zero-order valence-corrected chi connectivity index (χ0v) is 11.9. The number of halogens is 3. The number of alkyl halides is 3. The van der Waals surface area contributed by atoms with E-state index in [1.165, 1.54) is 11.0 Å². The summed E-state index contributed by atoms with van der Waals surface area (Å²) in [6.45, 7) is 0.362. The molecular weight excluding hydrogens is 281 g/mol. The van der Waals surface area contributed by atoms with Crippen LogP contribution in [0, 0.1) is 0 Å². The maximum Gasteiger partial charge on any atom is 0.418 e. The molecule has 1 aromatic heterocycles. The quantitative estimate of drug-likeness (QED) is 0.943. The Morgan fingerprint density at radius 1 is 1.33 bits per heavy atom. The molecule has 1 heterocycles. The summed E-state index contributed by atoms with van der Waals surface area (Å²) in [7, 11) is 3.42. The highest BCUT2D eigenvalue weighted by atomic mass is 19.4. The fourth-order valence-corrected chi connectivity index (χ4v) is 2.12. The molecule has 0 bridgehead atoms. The number of anilines is 1. The molecule has 2 N–H and O–H groups in total. The lowest BCUT2D eigenvalue weighted by Crippen LogP contribution is -2.23. The summed E-state index contributed by atoms with van der Waals surface area (Å²) in [5.74, 6) is 0.688. The molecule has 2 rings (SSSR count). The second-order valence-corrected chi connectivity index (χ2v) is 4.86. The van der Waals surface area contributed by atoms with Gasteiger partial charge < -0.3 is 15.2 Å². The van der Waals surface area contributed by atoms with Gasteiger partial charge >= 0.3 is 6.18 Å². The van der Waals surface area contributed by atoms with E-state index in [9.17, 15) is 13.2 Å². The Balaban J connectivity index is 2.36. The van der Waals surface area contributed by atoms with Crippen molar-refractivity contribution in [1.82, 2.24) is 9.55 Å². The van der Waals surface area contributed by atoms with Gasteiger partial charge in [0.15, 0.2) is 0 Å². The van der Waals surface area contributed by atoms with Crippen molar-refractivity contribution in [3.8, 4) is 0 Å². The largest absolute Gasteiger partial charge is 0.418 e. The Morgan fingerprint density at radius 3 is 2.57 bits per heavy atom. The van der Waals surface area contributed by atoms with E-state index in [0.717, 1.165) is 6.07 Å². The van der Waals surface area contributed by atoms with Crippen LogP contribution < -0.4 is 10.6 Å². The first-order chi connectivity index (χ1) is 9.82. The molecule has 0 aliphatic carbocycles. The number of rotatable bonds is 4. The molecular formula is C14H17F3N4. The molecule has 0 aliphatic rings. The molecule has 1 aromatic carbocycles. The van der Waals surface area contributed by atoms with Gasteiger partial charge in [0.1, 0.15) is 5.82 Å². The molecule has 0 spiro atoms. The lowest BCUT2D eigenvalue weighted by atomic mass is 10.1. The number of aromatic nitrogens is 2. The molecule has 0 saturated carbocycles. The number of hydrogen-bond acceptors (Lipinski definition) is 3. The maximum absolute atomic E-state index is 13.2. The second-order valence-electron chi connectivity index (χ2n) is 4.86. The van der Waals surface area contributed by atoms with E-state index in [0.29, 0.717) is 11.4 Å². The van der Waals surface area contributed by atoms with Crippen molar-refractivity contribution in [3.63, 3.8) is 0 Å². The van der Waals surface area contributed by atoms with Gasteiger partial charge in [-0.1, -0.05) is 6.07 Å². The van der Waals surface area contributed by atoms with Crippen LogP contribution in [0.15, 0.2) is 30.6 Å². The van der Waals surface area contributed by atoms with Gasteiger partial charge in [0.05, 0.1) is 12.1 Å². The van der Waals surface area contributed by atoms with Crippen molar-refractivity contribution in [2.24, 2.45) is 12.8 Å². The zero-order chi connectivity index (χ0) is 15.6. The molecule has 2 aromatic rings. The van der Waals surface area contributed by atoms with E-state index >= 15 is 0 Å². The second kappa shape index (κ2) is 5.77. The minimum Gasteiger partial charge on any atom is -0.367 e. The molecule has 0 unspecified atom stereocenters. The van der Waals surface area contributed by atoms with Gasteiger partial charge in [-0.3, -0.25) is 0 Å². The third-order valence-corrected chi connectivity index (χ3v) is 3.31. The highest BCUT2D eigenvalue weighted by Crippen LogP contribution is 2.37. The summed E-state index contributed by atoms with van der Waals surface area (Å²) in [4.78, 5) is 5.66. The summed E-state index contributed by atoms with van der Waals surface area (Å²) in [5, 5.41) is 0. The van der Waals surface area contributed by atoms with Crippen LogP contribution in [0.2, 0.25) is 0 Å². The first kappa shape index (κ1) is 15.4. The average Bonchev–Trinajstić information content (AvgIpc) is 2.82. The van der Waals surface area contributed by atoms with Gasteiger partial charge in [0, 0.05) is 38.7 Å². The summed E-state index contributed by atoms with van der Waals surface area (Å²) < 4.78 is 41.4. The van der Waals surface area contributed by atoms with Crippen LogP contribution in [-0.4, -0.2) is 16.6 Å². The highest BCUT2D eigenvalue weighted by molar-refractivity contribution is 5.56. The Bertz CT molecular complexity index is 619. The molecule has 0 fully saturated rings. The van der Waals surface area contributed by atoms with Crippen LogP contribution in [0.25, 0.3) is 0 Å². The van der Waals surface area contributed by atoms with E-state index < -0.39 is 11.7 Å². The number of benzene rings is 1. The third kappa shape index (κ3) is 3.36. The molecule has 0 amide bonds. The summed E-state index contributed by atoms with van der Waals surface area (Å²) in [5.41, 5.74) is 5.31. The standard InChI is InChI=1S/C14H17F3N4/c1-20-6-5-19-13(20)9-21(2)12-4-3-10(8-18)7-11(12)14(15,16)17/h3-7H,8-9,18H2,1-2H3. The number of nitrogens with zero attached hydrogens (tertiary/aromatic N) is 3. The van der Waals surface area contributed by atoms with Gasteiger partial charge in [0.25, 0.3) is 0 Å². The van der Waals surface area contributed by atoms with E-state index in [1.54, 1.807) is 37.1 Å². The minimum atomic E-state index is -4.42. The maximum atomic E-state index is 13.2. The number of aryl methyl sites for hydroxylation is 1. The fraction of sp³-hybridized carbons (Fsp3) is 0.357. The van der Waals surface area contributed by atoms with Crippen molar-refractivity contribution >= 4 is 5.69 Å². The van der Waals surface area contributed by atoms with Crippen molar-refractivity contribution in [2.45, 2.75) is 19.3 Å². The third-order valence-electron chi connectivity index (χ3n) is 3.31. The SMILES string of the molecule is CN(Cc1nccn1C)c1ccc(CN)cc1C(F)(F)F. The normalized spacial score (nSPS) is 11.7. The average molecular weight is 298 g/mol. The number of nitrogens with two attached hydrogens (primary N) is 1. The van der Waals surface area contributed by atoms with Crippen molar-refractivity contribution < 1.29 is 13.2 Å². The first-order valence-electron chi connectivity index (χ1n) is 6.40. The Hall–Kier alpha value is -2.02. The van der Waals surface area contributed by atoms with Gasteiger partial charge in [-0.25, -0.2) is 4.98 Å². The monoisotopic (exact) mass is 298 g/mol. The van der Waals surface area contributed by atoms with Crippen LogP contribution in [0.5, 0.6) is 0 Å². The Morgan fingerprint density at radius 2 is 2.05 bits per heavy atom. The predicted octanol–water partition coefficient (Wildman–Crippen LogP) is 2.53. The van der Waals surface area contributed by atoms with Gasteiger partial charge in [0.2, 0.25) is 0 Å². The van der Waals surface area contributed by atoms with Crippen LogP contribution >= 0.6 is 0 Å². The van der Waals surface area contributed by atoms with Gasteiger partial charge in [-0.05, 0) is 17.7 Å². The zero-order valence-electron chi connectivity index (χ0n) is 11.9. The summed E-state index contributed by atoms with van der Waals surface area (Å²) in [6.07, 6.45) is -1.05. The molecule has 21 heavy (non-hydrogen) atoms. The highest BCUT2D eigenvalue weighted by Gasteiger charge is 2.34. The van der Waals surface area contributed by atoms with Crippen molar-refractivity contribution in [2.75, 3.05) is 11.9 Å². The van der Waals surface area contributed by atoms with Gasteiger partial charge in [-0.15, -0.1) is 0 Å². The molecule has 7 heteroatoms. The smallest absolute Gasteiger partial charge is 0.367 e. The minimum absolute atomic E-state index is 0.0758. The Kier molecular flexibility index (Phi) is 4.22. The van der Waals surface area contributed by atoms with Gasteiger partial charge in [-0.2, -0.15) is 13.2 Å². The van der Waals surface area contributed by atoms with E-state index in [2.05, 4.69) is 4.98 Å². The fourth-order valence-electron chi connectivity index (χ4n) is 2.12. The Labute approximate surface area is 121 Å². The van der Waals surface area contributed by atoms with Crippen molar-refractivity contribution in [1.29, 1.82) is 0 Å². The molecule has 0 atom stereocenters. The van der Waals surface area contributed by atoms with E-state index in [-0.39, 0.29) is 18.8 Å². The van der Waals surface area contributed by atoms with Crippen LogP contribution in [-0.2, 0) is 26.3 Å². The first-order valence-corrected chi connectivity index (χ1v) is 6.40. The number of imidazole rings is 1.